The molecule has 1 fully saturated rings. The van der Waals surface area contributed by atoms with Gasteiger partial charge in [-0.15, -0.1) is 10.2 Å². The maximum atomic E-state index is 12.2. The van der Waals surface area contributed by atoms with Crippen LogP contribution in [0.15, 0.2) is 29.4 Å². The van der Waals surface area contributed by atoms with Crippen LogP contribution in [0.3, 0.4) is 0 Å². The van der Waals surface area contributed by atoms with Crippen molar-refractivity contribution in [3.05, 3.63) is 24.3 Å². The van der Waals surface area contributed by atoms with Crippen LogP contribution in [0.2, 0.25) is 0 Å². The molecule has 0 atom stereocenters. The van der Waals surface area contributed by atoms with Crippen molar-refractivity contribution in [1.29, 1.82) is 0 Å². The minimum atomic E-state index is -2.85. The number of hydrogen-bond donors (Lipinski definition) is 1. The van der Waals surface area contributed by atoms with Crippen molar-refractivity contribution in [3.63, 3.8) is 0 Å². The third-order valence-corrected chi connectivity index (χ3v) is 4.47. The third-order valence-electron chi connectivity index (χ3n) is 3.45. The number of nitrogens with one attached hydrogen (secondary N) is 1. The molecule has 24 heavy (non-hydrogen) atoms. The third kappa shape index (κ3) is 4.22. The molecule has 1 aliphatic carbocycles. The summed E-state index contributed by atoms with van der Waals surface area (Å²) in [7, 11) is 1.79. The smallest absolute Gasteiger partial charge is 0.387 e. The molecule has 3 rings (SSSR count). The summed E-state index contributed by atoms with van der Waals surface area (Å²) in [6.07, 6.45) is 2.10. The van der Waals surface area contributed by atoms with E-state index in [2.05, 4.69) is 20.3 Å². The quantitative estimate of drug-likeness (QED) is 0.774. The van der Waals surface area contributed by atoms with Gasteiger partial charge in [-0.1, -0.05) is 11.8 Å². The van der Waals surface area contributed by atoms with Crippen molar-refractivity contribution >= 4 is 17.7 Å². The van der Waals surface area contributed by atoms with E-state index in [1.807, 2.05) is 0 Å². The molecule has 1 heterocycles. The SMILES string of the molecule is Cn1c(SCC(=O)NC2CC2)nnc1-c1ccc(OC(F)F)cc1. The molecule has 1 amide bonds. The van der Waals surface area contributed by atoms with Gasteiger partial charge in [0, 0.05) is 18.7 Å². The summed E-state index contributed by atoms with van der Waals surface area (Å²) in [5, 5.41) is 11.7. The highest BCUT2D eigenvalue weighted by molar-refractivity contribution is 7.99. The maximum Gasteiger partial charge on any atom is 0.387 e. The Bertz CT molecular complexity index is 717. The first-order valence-electron chi connectivity index (χ1n) is 7.39. The summed E-state index contributed by atoms with van der Waals surface area (Å²) >= 11 is 1.31. The van der Waals surface area contributed by atoms with Crippen LogP contribution in [0, 0.1) is 0 Å². The largest absolute Gasteiger partial charge is 0.435 e. The van der Waals surface area contributed by atoms with Crippen LogP contribution < -0.4 is 10.1 Å². The molecule has 6 nitrogen and oxygen atoms in total. The van der Waals surface area contributed by atoms with Crippen LogP contribution in [-0.2, 0) is 11.8 Å². The molecule has 128 valence electrons. The van der Waals surface area contributed by atoms with Crippen molar-refractivity contribution in [1.82, 2.24) is 20.1 Å². The van der Waals surface area contributed by atoms with E-state index in [0.717, 1.165) is 18.4 Å². The monoisotopic (exact) mass is 354 g/mol. The van der Waals surface area contributed by atoms with Crippen LogP contribution in [0.5, 0.6) is 5.75 Å². The Morgan fingerprint density at radius 3 is 2.71 bits per heavy atom. The zero-order valence-corrected chi connectivity index (χ0v) is 13.7. The number of rotatable bonds is 7. The number of aromatic nitrogens is 3. The molecule has 0 aliphatic heterocycles. The Morgan fingerprint density at radius 1 is 1.38 bits per heavy atom. The van der Waals surface area contributed by atoms with Gasteiger partial charge in [0.2, 0.25) is 5.91 Å². The number of carbonyl (C=O) groups excluding carboxylic acids is 1. The molecule has 1 saturated carbocycles. The molecule has 1 aromatic carbocycles. The molecule has 9 heteroatoms. The summed E-state index contributed by atoms with van der Waals surface area (Å²) in [6.45, 7) is -2.85. The van der Waals surface area contributed by atoms with Crippen LogP contribution in [-0.4, -0.2) is 39.1 Å². The molecule has 0 saturated heterocycles. The van der Waals surface area contributed by atoms with Crippen LogP contribution >= 0.6 is 11.8 Å². The van der Waals surface area contributed by atoms with Gasteiger partial charge in [0.15, 0.2) is 11.0 Å². The summed E-state index contributed by atoms with van der Waals surface area (Å²) in [6, 6.07) is 6.51. The van der Waals surface area contributed by atoms with Crippen molar-refractivity contribution in [3.8, 4) is 17.1 Å². The first-order valence-corrected chi connectivity index (χ1v) is 8.38. The highest BCUT2D eigenvalue weighted by Crippen LogP contribution is 2.25. The second kappa shape index (κ2) is 7.16. The highest BCUT2D eigenvalue weighted by Gasteiger charge is 2.23. The van der Waals surface area contributed by atoms with Gasteiger partial charge in [-0.25, -0.2) is 0 Å². The van der Waals surface area contributed by atoms with Crippen LogP contribution in [0.25, 0.3) is 11.4 Å². The predicted octanol–water partition coefficient (Wildman–Crippen LogP) is 2.45. The maximum absolute atomic E-state index is 12.2. The molecule has 0 unspecified atom stereocenters. The fourth-order valence-corrected chi connectivity index (χ4v) is 2.83. The summed E-state index contributed by atoms with van der Waals surface area (Å²) in [5.74, 6) is 0.940. The van der Waals surface area contributed by atoms with E-state index in [-0.39, 0.29) is 17.4 Å². The lowest BCUT2D eigenvalue weighted by Gasteiger charge is -2.06. The Morgan fingerprint density at radius 2 is 2.08 bits per heavy atom. The molecule has 2 aromatic rings. The highest BCUT2D eigenvalue weighted by atomic mass is 32.2. The zero-order chi connectivity index (χ0) is 17.1. The van der Waals surface area contributed by atoms with Gasteiger partial charge >= 0.3 is 6.61 Å². The molecule has 0 bridgehead atoms. The molecule has 0 radical (unpaired) electrons. The van der Waals surface area contributed by atoms with Crippen molar-refractivity contribution in [2.24, 2.45) is 7.05 Å². The van der Waals surface area contributed by atoms with E-state index in [0.29, 0.717) is 17.0 Å². The lowest BCUT2D eigenvalue weighted by atomic mass is 10.2. The topological polar surface area (TPSA) is 69.0 Å². The molecule has 0 spiro atoms. The average molecular weight is 354 g/mol. The van der Waals surface area contributed by atoms with Crippen molar-refractivity contribution in [2.45, 2.75) is 30.7 Å². The standard InChI is InChI=1S/C15H16F2N4O2S/c1-21-13(9-2-6-11(7-3-9)23-14(16)17)19-20-15(21)24-8-12(22)18-10-4-5-10/h2-3,6-7,10,14H,4-5,8H2,1H3,(H,18,22). The van der Waals surface area contributed by atoms with E-state index in [4.69, 9.17) is 0 Å². The number of benzene rings is 1. The lowest BCUT2D eigenvalue weighted by molar-refractivity contribution is -0.118. The number of thioether (sulfide) groups is 1. The number of nitrogens with zero attached hydrogens (tertiary/aromatic N) is 3. The number of halogens is 2. The van der Waals surface area contributed by atoms with E-state index in [9.17, 15) is 13.6 Å². The second-order valence-corrected chi connectivity index (χ2v) is 6.34. The fourth-order valence-electron chi connectivity index (χ4n) is 2.10. The fraction of sp³-hybridized carbons (Fsp3) is 0.400. The van der Waals surface area contributed by atoms with Crippen molar-refractivity contribution in [2.75, 3.05) is 5.75 Å². The van der Waals surface area contributed by atoms with Gasteiger partial charge in [0.1, 0.15) is 5.75 Å². The minimum absolute atomic E-state index is 0.0134. The number of hydrogen-bond acceptors (Lipinski definition) is 5. The Kier molecular flexibility index (Phi) is 4.98. The van der Waals surface area contributed by atoms with Gasteiger partial charge < -0.3 is 14.6 Å². The summed E-state index contributed by atoms with van der Waals surface area (Å²) in [4.78, 5) is 11.7. The van der Waals surface area contributed by atoms with Crippen LogP contribution in [0.1, 0.15) is 12.8 Å². The Labute approximate surface area is 141 Å². The Hall–Kier alpha value is -2.16. The molecule has 1 aromatic heterocycles. The van der Waals surface area contributed by atoms with Crippen LogP contribution in [0.4, 0.5) is 8.78 Å². The van der Waals surface area contributed by atoms with E-state index >= 15 is 0 Å². The predicted molar refractivity (Wildman–Crippen MR) is 85.0 cm³/mol. The van der Waals surface area contributed by atoms with Gasteiger partial charge in [-0.3, -0.25) is 4.79 Å². The van der Waals surface area contributed by atoms with E-state index < -0.39 is 6.61 Å². The van der Waals surface area contributed by atoms with Crippen molar-refractivity contribution < 1.29 is 18.3 Å². The number of alkyl halides is 2. The van der Waals surface area contributed by atoms with Gasteiger partial charge in [0.25, 0.3) is 0 Å². The lowest BCUT2D eigenvalue weighted by Crippen LogP contribution is -2.27. The number of carbonyl (C=O) groups is 1. The normalized spacial score (nSPS) is 14.0. The minimum Gasteiger partial charge on any atom is -0.435 e. The summed E-state index contributed by atoms with van der Waals surface area (Å²) in [5.41, 5.74) is 0.723. The first-order chi connectivity index (χ1) is 11.5. The number of ether oxygens (including phenoxy) is 1. The molecular weight excluding hydrogens is 338 g/mol. The molecule has 1 aliphatic rings. The first kappa shape index (κ1) is 16.7. The summed E-state index contributed by atoms with van der Waals surface area (Å²) < 4.78 is 30.4. The molecular formula is C15H16F2N4O2S. The van der Waals surface area contributed by atoms with E-state index in [1.54, 1.807) is 23.7 Å². The second-order valence-electron chi connectivity index (χ2n) is 5.40. The number of amides is 1. The van der Waals surface area contributed by atoms with Gasteiger partial charge in [-0.05, 0) is 37.1 Å². The average Bonchev–Trinajstić information content (AvgIpc) is 3.27. The zero-order valence-electron chi connectivity index (χ0n) is 12.9. The molecule has 1 N–H and O–H groups in total. The Balaban J connectivity index is 1.64. The van der Waals surface area contributed by atoms with Gasteiger partial charge in [0.05, 0.1) is 5.75 Å². The van der Waals surface area contributed by atoms with E-state index in [1.165, 1.54) is 23.9 Å². The van der Waals surface area contributed by atoms with Gasteiger partial charge in [-0.2, -0.15) is 8.78 Å².